The van der Waals surface area contributed by atoms with E-state index in [9.17, 15) is 13.2 Å². The Bertz CT molecular complexity index is 2090. The van der Waals surface area contributed by atoms with Crippen molar-refractivity contribution in [3.8, 4) is 22.4 Å². The predicted octanol–water partition coefficient (Wildman–Crippen LogP) is 8.94. The number of hydrogen-bond acceptors (Lipinski definition) is 10. The number of sulfone groups is 1. The van der Waals surface area contributed by atoms with Gasteiger partial charge in [0.1, 0.15) is 24.0 Å². The Morgan fingerprint density at radius 1 is 0.860 bits per heavy atom. The van der Waals surface area contributed by atoms with E-state index in [4.69, 9.17) is 29.3 Å². The molecule has 0 N–H and O–H groups in total. The Morgan fingerprint density at radius 3 is 1.96 bits per heavy atom. The summed E-state index contributed by atoms with van der Waals surface area (Å²) in [5.74, 6) is 0.138. The van der Waals surface area contributed by atoms with E-state index < -0.39 is 31.6 Å². The van der Waals surface area contributed by atoms with Crippen LogP contribution in [0.1, 0.15) is 58.1 Å². The summed E-state index contributed by atoms with van der Waals surface area (Å²) >= 11 is 0. The highest BCUT2D eigenvalue weighted by Crippen LogP contribution is 2.46. The number of carbonyl (C=O) groups excluding carboxylic acids is 1. The number of nitrogens with zero attached hydrogens (tertiary/aromatic N) is 6. The largest absolute Gasteiger partial charge is 0.444 e. The molecule has 0 spiro atoms. The summed E-state index contributed by atoms with van der Waals surface area (Å²) in [5.41, 5.74) is 3.79. The summed E-state index contributed by atoms with van der Waals surface area (Å²) in [7, 11) is -6.71. The molecule has 2 unspecified atom stereocenters. The fourth-order valence-corrected chi connectivity index (χ4v) is 10.4. The van der Waals surface area contributed by atoms with Crippen molar-refractivity contribution in [3.63, 3.8) is 0 Å². The molecular weight excluding hydrogens is 773 g/mol. The number of hydrogen-bond donors (Lipinski definition) is 0. The molecule has 1 amide bonds. The van der Waals surface area contributed by atoms with E-state index >= 15 is 0 Å². The van der Waals surface area contributed by atoms with Crippen LogP contribution < -0.4 is 4.90 Å². The molecule has 310 valence electrons. The van der Waals surface area contributed by atoms with E-state index in [2.05, 4.69) is 39.3 Å². The van der Waals surface area contributed by atoms with Gasteiger partial charge in [0.2, 0.25) is 0 Å². The fourth-order valence-electron chi connectivity index (χ4n) is 7.71. The molecule has 2 fully saturated rings. The lowest BCUT2D eigenvalue weighted by Gasteiger charge is -2.40. The molecule has 12 nitrogen and oxygen atoms in total. The zero-order valence-corrected chi connectivity index (χ0v) is 38.4. The van der Waals surface area contributed by atoms with Crippen LogP contribution in [-0.2, 0) is 24.0 Å². The maximum absolute atomic E-state index is 14.3. The number of benzene rings is 1. The van der Waals surface area contributed by atoms with Gasteiger partial charge in [-0.1, -0.05) is 75.7 Å². The first-order valence-electron chi connectivity index (χ1n) is 20.2. The average molecular weight is 835 g/mol. The minimum atomic E-state index is -3.90. The fraction of sp³-hybridized carbons (Fsp3) is 0.571. The summed E-state index contributed by atoms with van der Waals surface area (Å²) in [5, 5.41) is 4.86. The van der Waals surface area contributed by atoms with Crippen LogP contribution >= 0.6 is 0 Å². The van der Waals surface area contributed by atoms with Gasteiger partial charge in [-0.05, 0) is 64.6 Å². The number of piperidine rings is 1. The molecule has 3 aromatic heterocycles. The Labute approximate surface area is 341 Å². The predicted molar refractivity (Wildman–Crippen MR) is 232 cm³/mol. The van der Waals surface area contributed by atoms with Crippen molar-refractivity contribution in [2.45, 2.75) is 126 Å². The highest BCUT2D eigenvalue weighted by molar-refractivity contribution is 7.91. The first-order chi connectivity index (χ1) is 26.7. The molecule has 57 heavy (non-hydrogen) atoms. The van der Waals surface area contributed by atoms with Gasteiger partial charge in [0.25, 0.3) is 0 Å². The SMILES string of the molecule is CC(C)(C)OC(=O)N1C2CCC1CC(c1nc3c(-c4ccc(-c5ccccc5)nc4)cnn3c(N(COCC[Si](C)(C)C)COCC[Si](C)(C)C)c1S(C)(=O)=O)C2. The number of fused-ring (bicyclic) bond motifs is 3. The van der Waals surface area contributed by atoms with Crippen LogP contribution in [0.25, 0.3) is 28.0 Å². The van der Waals surface area contributed by atoms with Gasteiger partial charge in [-0.2, -0.15) is 9.61 Å². The maximum atomic E-state index is 14.3. The van der Waals surface area contributed by atoms with Gasteiger partial charge < -0.3 is 24.0 Å². The van der Waals surface area contributed by atoms with Gasteiger partial charge >= 0.3 is 6.09 Å². The number of rotatable bonds is 15. The first-order valence-corrected chi connectivity index (χ1v) is 29.5. The summed E-state index contributed by atoms with van der Waals surface area (Å²) in [4.78, 5) is 27.4. The van der Waals surface area contributed by atoms with Gasteiger partial charge in [-0.3, -0.25) is 4.98 Å². The van der Waals surface area contributed by atoms with Crippen molar-refractivity contribution in [3.05, 3.63) is 60.6 Å². The monoisotopic (exact) mass is 834 g/mol. The van der Waals surface area contributed by atoms with Crippen molar-refractivity contribution < 1.29 is 27.4 Å². The third kappa shape index (κ3) is 10.7. The second-order valence-electron chi connectivity index (χ2n) is 19.2. The molecule has 0 radical (unpaired) electrons. The number of ether oxygens (including phenoxy) is 3. The molecule has 6 rings (SSSR count). The van der Waals surface area contributed by atoms with Crippen LogP contribution in [0.3, 0.4) is 0 Å². The third-order valence-electron chi connectivity index (χ3n) is 10.6. The summed E-state index contributed by atoms with van der Waals surface area (Å²) < 4.78 is 48.8. The van der Waals surface area contributed by atoms with Crippen molar-refractivity contribution in [2.24, 2.45) is 0 Å². The zero-order valence-electron chi connectivity index (χ0n) is 35.5. The Balaban J connectivity index is 1.48. The van der Waals surface area contributed by atoms with Crippen LogP contribution in [0.4, 0.5) is 10.6 Å². The van der Waals surface area contributed by atoms with E-state index in [0.717, 1.165) is 47.3 Å². The average Bonchev–Trinajstić information content (AvgIpc) is 3.66. The maximum Gasteiger partial charge on any atom is 0.410 e. The molecule has 1 aromatic carbocycles. The smallest absolute Gasteiger partial charge is 0.410 e. The van der Waals surface area contributed by atoms with Crippen molar-refractivity contribution in [1.82, 2.24) is 24.5 Å². The highest BCUT2D eigenvalue weighted by Gasteiger charge is 2.47. The van der Waals surface area contributed by atoms with Crippen molar-refractivity contribution in [2.75, 3.05) is 37.8 Å². The van der Waals surface area contributed by atoms with Gasteiger partial charge in [0, 0.05) is 76.5 Å². The van der Waals surface area contributed by atoms with E-state index in [-0.39, 0.29) is 42.5 Å². The number of amides is 1. The second kappa shape index (κ2) is 16.9. The molecule has 2 saturated heterocycles. The molecule has 15 heteroatoms. The highest BCUT2D eigenvalue weighted by atomic mass is 32.2. The summed E-state index contributed by atoms with van der Waals surface area (Å²) in [6, 6.07) is 15.7. The molecule has 2 aliphatic rings. The molecule has 2 atom stereocenters. The van der Waals surface area contributed by atoms with Crippen LogP contribution in [0.5, 0.6) is 0 Å². The quantitative estimate of drug-likeness (QED) is 0.0651. The Hall–Kier alpha value is -3.64. The van der Waals surface area contributed by atoms with Gasteiger partial charge in [-0.25, -0.2) is 18.2 Å². The lowest BCUT2D eigenvalue weighted by molar-refractivity contribution is 0.00557. The second-order valence-corrected chi connectivity index (χ2v) is 32.4. The molecule has 2 aliphatic heterocycles. The molecule has 4 aromatic rings. The number of carbonyl (C=O) groups is 1. The third-order valence-corrected chi connectivity index (χ3v) is 15.2. The summed E-state index contributed by atoms with van der Waals surface area (Å²) in [6.45, 7) is 20.8. The lowest BCUT2D eigenvalue weighted by Crippen LogP contribution is -2.48. The minimum absolute atomic E-state index is 0.0949. The standard InChI is InChI=1S/C42H62N6O6SSi2/c1-42(2,3)54-41(49)47-33-17-18-34(47)25-32(24-33)37-38(55(4,50)51)40(46(28-52-20-22-56(5,6)7)29-53-21-23-57(8,9)10)48-39(45-37)35(27-44-48)31-16-19-36(43-26-31)30-14-12-11-13-15-30/h11-16,19,26-27,32-34H,17-18,20-25,28-29H2,1-10H3. The van der Waals surface area contributed by atoms with E-state index in [1.54, 1.807) is 10.7 Å². The number of anilines is 1. The molecule has 5 heterocycles. The van der Waals surface area contributed by atoms with E-state index in [1.165, 1.54) is 6.26 Å². The topological polar surface area (TPSA) is 128 Å². The molecule has 2 bridgehead atoms. The lowest BCUT2D eigenvalue weighted by atomic mass is 9.88. The van der Waals surface area contributed by atoms with Gasteiger partial charge in [-0.15, -0.1) is 0 Å². The van der Waals surface area contributed by atoms with Crippen molar-refractivity contribution in [1.29, 1.82) is 0 Å². The Morgan fingerprint density at radius 2 is 1.46 bits per heavy atom. The van der Waals surface area contributed by atoms with Crippen LogP contribution in [0.2, 0.25) is 51.4 Å². The van der Waals surface area contributed by atoms with E-state index in [1.807, 2.05) is 79.2 Å². The number of pyridine rings is 1. The molecule has 0 saturated carbocycles. The van der Waals surface area contributed by atoms with Crippen LogP contribution in [0, 0.1) is 0 Å². The number of aromatic nitrogens is 4. The summed E-state index contributed by atoms with van der Waals surface area (Å²) in [6.07, 6.45) is 7.27. The van der Waals surface area contributed by atoms with E-state index in [0.29, 0.717) is 43.2 Å². The van der Waals surface area contributed by atoms with Crippen LogP contribution in [-0.4, -0.2) is 106 Å². The molecule has 0 aliphatic carbocycles. The zero-order chi connectivity index (χ0) is 41.3. The minimum Gasteiger partial charge on any atom is -0.444 e. The van der Waals surface area contributed by atoms with Crippen molar-refractivity contribution >= 4 is 43.5 Å². The van der Waals surface area contributed by atoms with Crippen LogP contribution in [0.15, 0.2) is 59.8 Å². The molecular formula is C42H62N6O6SSi2. The normalized spacial score (nSPS) is 19.0. The Kier molecular flexibility index (Phi) is 12.7. The van der Waals surface area contributed by atoms with Gasteiger partial charge in [0.05, 0.1) is 17.6 Å². The van der Waals surface area contributed by atoms with Gasteiger partial charge in [0.15, 0.2) is 21.3 Å². The first kappa shape index (κ1) is 43.0.